The van der Waals surface area contributed by atoms with Crippen LogP contribution < -0.4 is 10.1 Å². The molecule has 0 fully saturated rings. The molecule has 7 heteroatoms. The van der Waals surface area contributed by atoms with E-state index in [1.54, 1.807) is 11.8 Å². The first-order valence-corrected chi connectivity index (χ1v) is 12.0. The number of hydrogen-bond donors (Lipinski definition) is 2. The summed E-state index contributed by atoms with van der Waals surface area (Å²) in [6.45, 7) is 7.55. The van der Waals surface area contributed by atoms with E-state index in [4.69, 9.17) is 9.47 Å². The molecule has 2 aromatic carbocycles. The van der Waals surface area contributed by atoms with E-state index in [0.717, 1.165) is 24.8 Å². The van der Waals surface area contributed by atoms with E-state index in [-0.39, 0.29) is 12.1 Å². The molecule has 0 spiro atoms. The summed E-state index contributed by atoms with van der Waals surface area (Å²) in [5.74, 6) is -0.286. The van der Waals surface area contributed by atoms with Gasteiger partial charge in [0, 0.05) is 25.6 Å². The van der Waals surface area contributed by atoms with Crippen LogP contribution in [-0.2, 0) is 22.4 Å². The van der Waals surface area contributed by atoms with Crippen LogP contribution in [0.5, 0.6) is 5.75 Å². The van der Waals surface area contributed by atoms with Crippen molar-refractivity contribution >= 4 is 12.0 Å². The van der Waals surface area contributed by atoms with Crippen LogP contribution in [0.1, 0.15) is 44.7 Å². The maximum absolute atomic E-state index is 12.6. The van der Waals surface area contributed by atoms with Gasteiger partial charge >= 0.3 is 12.0 Å². The Labute approximate surface area is 203 Å². The number of hydrogen-bond acceptors (Lipinski definition) is 4. The lowest BCUT2D eigenvalue weighted by atomic mass is 10.1. The maximum Gasteiger partial charge on any atom is 0.333 e. The number of rotatable bonds is 15. The number of aryl methyl sites for hydroxylation is 1. The van der Waals surface area contributed by atoms with Gasteiger partial charge in [0.2, 0.25) is 0 Å². The van der Waals surface area contributed by atoms with Crippen molar-refractivity contribution < 1.29 is 24.2 Å². The minimum Gasteiger partial charge on any atom is -0.492 e. The quantitative estimate of drug-likeness (QED) is 0.373. The second-order valence-corrected chi connectivity index (χ2v) is 8.51. The molecule has 2 rings (SSSR count). The van der Waals surface area contributed by atoms with Gasteiger partial charge in [-0.25, -0.2) is 9.59 Å². The molecule has 0 radical (unpaired) electrons. The Morgan fingerprint density at radius 1 is 0.971 bits per heavy atom. The average Bonchev–Trinajstić information content (AvgIpc) is 2.81. The monoisotopic (exact) mass is 470 g/mol. The van der Waals surface area contributed by atoms with Crippen LogP contribution in [0.2, 0.25) is 0 Å². The Hall–Kier alpha value is -3.06. The lowest BCUT2D eigenvalue weighted by Gasteiger charge is -2.24. The van der Waals surface area contributed by atoms with Crippen molar-refractivity contribution in [1.29, 1.82) is 0 Å². The van der Waals surface area contributed by atoms with Crippen LogP contribution in [0.3, 0.4) is 0 Å². The van der Waals surface area contributed by atoms with E-state index in [1.807, 2.05) is 56.3 Å². The summed E-state index contributed by atoms with van der Waals surface area (Å²) in [4.78, 5) is 25.7. The molecule has 2 N–H and O–H groups in total. The topological polar surface area (TPSA) is 88.1 Å². The summed E-state index contributed by atoms with van der Waals surface area (Å²) in [6, 6.07) is 17.7. The summed E-state index contributed by atoms with van der Waals surface area (Å²) in [6.07, 6.45) is 2.37. The Kier molecular flexibility index (Phi) is 12.0. The Bertz CT molecular complexity index is 855. The smallest absolute Gasteiger partial charge is 0.333 e. The number of carboxylic acid groups (broad SMARTS) is 1. The number of carboxylic acids is 1. The molecule has 34 heavy (non-hydrogen) atoms. The molecule has 0 aliphatic carbocycles. The van der Waals surface area contributed by atoms with E-state index in [0.29, 0.717) is 38.5 Å². The van der Waals surface area contributed by atoms with Crippen LogP contribution in [0, 0.1) is 0 Å². The average molecular weight is 471 g/mol. The first kappa shape index (κ1) is 27.2. The molecule has 2 aromatic rings. The molecule has 0 saturated carbocycles. The molecule has 186 valence electrons. The highest BCUT2D eigenvalue weighted by Gasteiger charge is 2.18. The molecule has 1 atom stereocenters. The number of benzene rings is 2. The zero-order valence-corrected chi connectivity index (χ0v) is 20.5. The third-order valence-electron chi connectivity index (χ3n) is 5.30. The first-order chi connectivity index (χ1) is 16.4. The fourth-order valence-corrected chi connectivity index (χ4v) is 3.56. The third-order valence-corrected chi connectivity index (χ3v) is 5.30. The molecule has 7 nitrogen and oxygen atoms in total. The second-order valence-electron chi connectivity index (χ2n) is 8.51. The minimum atomic E-state index is -0.967. The number of aliphatic carboxylic acids is 1. The van der Waals surface area contributed by atoms with E-state index in [1.165, 1.54) is 5.56 Å². The lowest BCUT2D eigenvalue weighted by molar-refractivity contribution is -0.149. The predicted octanol–water partition coefficient (Wildman–Crippen LogP) is 4.54. The maximum atomic E-state index is 12.6. The molecular weight excluding hydrogens is 432 g/mol. The summed E-state index contributed by atoms with van der Waals surface area (Å²) >= 11 is 0. The molecule has 1 unspecified atom stereocenters. The number of urea groups is 1. The molecule has 0 aliphatic rings. The molecule has 0 saturated heterocycles. The van der Waals surface area contributed by atoms with Gasteiger partial charge in [-0.2, -0.15) is 0 Å². The van der Waals surface area contributed by atoms with E-state index in [9.17, 15) is 14.7 Å². The number of unbranched alkanes of at least 4 members (excludes halogenated alkanes) is 1. The molecular formula is C27H38N2O5. The number of amides is 2. The largest absolute Gasteiger partial charge is 0.492 e. The molecule has 0 heterocycles. The number of ether oxygens (including phenoxy) is 2. The number of nitrogens with zero attached hydrogens (tertiary/aromatic N) is 1. The zero-order valence-electron chi connectivity index (χ0n) is 20.5. The minimum absolute atomic E-state index is 0.0686. The van der Waals surface area contributed by atoms with E-state index < -0.39 is 12.1 Å². The number of carbonyl (C=O) groups excluding carboxylic acids is 1. The Morgan fingerprint density at radius 2 is 1.68 bits per heavy atom. The van der Waals surface area contributed by atoms with Crippen LogP contribution in [0.15, 0.2) is 54.6 Å². The van der Waals surface area contributed by atoms with Crippen molar-refractivity contribution in [3.63, 3.8) is 0 Å². The molecule has 2 amide bonds. The summed E-state index contributed by atoms with van der Waals surface area (Å²) in [5, 5.41) is 12.2. The highest BCUT2D eigenvalue weighted by Crippen LogP contribution is 2.15. The standard InChI is InChI=1S/C27H38N2O5/c1-4-33-25(26(30)31)20-23-13-15-24(16-14-23)34-19-18-29(27(32)28-21(2)3)17-9-8-12-22-10-6-5-7-11-22/h5-7,10-11,13-16,21,25H,4,8-9,12,17-20H2,1-3H3,(H,28,32)(H,30,31). The summed E-state index contributed by atoms with van der Waals surface area (Å²) in [7, 11) is 0. The van der Waals surface area contributed by atoms with Crippen LogP contribution in [0.25, 0.3) is 0 Å². The van der Waals surface area contributed by atoms with Gasteiger partial charge in [-0.3, -0.25) is 0 Å². The van der Waals surface area contributed by atoms with Crippen molar-refractivity contribution in [1.82, 2.24) is 10.2 Å². The summed E-state index contributed by atoms with van der Waals surface area (Å²) < 4.78 is 11.1. The van der Waals surface area contributed by atoms with Crippen molar-refractivity contribution in [2.45, 2.75) is 58.6 Å². The van der Waals surface area contributed by atoms with Gasteiger partial charge in [-0.1, -0.05) is 42.5 Å². The van der Waals surface area contributed by atoms with Crippen molar-refractivity contribution in [2.24, 2.45) is 0 Å². The molecule has 0 aromatic heterocycles. The van der Waals surface area contributed by atoms with Gasteiger partial charge in [0.05, 0.1) is 6.54 Å². The highest BCUT2D eigenvalue weighted by molar-refractivity contribution is 5.74. The van der Waals surface area contributed by atoms with Crippen molar-refractivity contribution in [2.75, 3.05) is 26.3 Å². The van der Waals surface area contributed by atoms with Gasteiger partial charge < -0.3 is 24.8 Å². The van der Waals surface area contributed by atoms with Crippen molar-refractivity contribution in [3.8, 4) is 5.75 Å². The van der Waals surface area contributed by atoms with Gasteiger partial charge in [-0.15, -0.1) is 0 Å². The van der Waals surface area contributed by atoms with Crippen LogP contribution in [0.4, 0.5) is 4.79 Å². The summed E-state index contributed by atoms with van der Waals surface area (Å²) in [5.41, 5.74) is 2.17. The number of nitrogens with one attached hydrogen (secondary N) is 1. The Morgan fingerprint density at radius 3 is 2.29 bits per heavy atom. The van der Waals surface area contributed by atoms with E-state index >= 15 is 0 Å². The van der Waals surface area contributed by atoms with Crippen LogP contribution in [-0.4, -0.2) is 60.5 Å². The lowest BCUT2D eigenvalue weighted by Crippen LogP contribution is -2.45. The molecule has 0 bridgehead atoms. The fraction of sp³-hybridized carbons (Fsp3) is 0.481. The predicted molar refractivity (Wildman–Crippen MR) is 133 cm³/mol. The Balaban J connectivity index is 1.82. The van der Waals surface area contributed by atoms with E-state index in [2.05, 4.69) is 17.4 Å². The van der Waals surface area contributed by atoms with Gasteiger partial charge in [-0.05, 0) is 63.3 Å². The van der Waals surface area contributed by atoms with Crippen molar-refractivity contribution in [3.05, 3.63) is 65.7 Å². The van der Waals surface area contributed by atoms with Crippen LogP contribution >= 0.6 is 0 Å². The zero-order chi connectivity index (χ0) is 24.8. The fourth-order valence-electron chi connectivity index (χ4n) is 3.56. The third kappa shape index (κ3) is 10.3. The first-order valence-electron chi connectivity index (χ1n) is 12.0. The highest BCUT2D eigenvalue weighted by atomic mass is 16.5. The molecule has 0 aliphatic heterocycles. The van der Waals surface area contributed by atoms with Gasteiger partial charge in [0.1, 0.15) is 12.4 Å². The normalized spacial score (nSPS) is 11.8. The number of carbonyl (C=O) groups is 2. The van der Waals surface area contributed by atoms with Gasteiger partial charge in [0.15, 0.2) is 6.10 Å². The SMILES string of the molecule is CCOC(Cc1ccc(OCCN(CCCCc2ccccc2)C(=O)NC(C)C)cc1)C(=O)O. The van der Waals surface area contributed by atoms with Gasteiger partial charge in [0.25, 0.3) is 0 Å². The second kappa shape index (κ2) is 15.0.